The molecular formula is C12H22N4O. The maximum atomic E-state index is 11.4. The van der Waals surface area contributed by atoms with E-state index in [0.29, 0.717) is 0 Å². The molecule has 1 aromatic heterocycles. The van der Waals surface area contributed by atoms with E-state index < -0.39 is 0 Å². The van der Waals surface area contributed by atoms with Gasteiger partial charge in [0.2, 0.25) is 0 Å². The Bertz CT molecular complexity index is 400. The summed E-state index contributed by atoms with van der Waals surface area (Å²) < 4.78 is 0. The highest BCUT2D eigenvalue weighted by Gasteiger charge is 2.05. The van der Waals surface area contributed by atoms with Crippen molar-refractivity contribution < 1.29 is 0 Å². The Kier molecular flexibility index (Phi) is 5.15. The molecule has 1 rings (SSSR count). The molecule has 5 nitrogen and oxygen atoms in total. The molecule has 0 saturated carbocycles. The average Bonchev–Trinajstić information content (AvgIpc) is 2.27. The van der Waals surface area contributed by atoms with Crippen LogP contribution in [0.25, 0.3) is 0 Å². The van der Waals surface area contributed by atoms with Crippen LogP contribution in [0.1, 0.15) is 19.2 Å². The van der Waals surface area contributed by atoms with E-state index in [1.807, 2.05) is 18.9 Å². The second-order valence-electron chi connectivity index (χ2n) is 4.48. The summed E-state index contributed by atoms with van der Waals surface area (Å²) in [5.41, 5.74) is -0.0775. The molecule has 0 unspecified atom stereocenters. The third-order valence-corrected chi connectivity index (χ3v) is 2.60. The van der Waals surface area contributed by atoms with E-state index in [4.69, 9.17) is 0 Å². The van der Waals surface area contributed by atoms with Gasteiger partial charge >= 0.3 is 0 Å². The Hall–Kier alpha value is -1.36. The number of H-pyrrole nitrogens is 1. The first kappa shape index (κ1) is 13.7. The van der Waals surface area contributed by atoms with Crippen LogP contribution in [0.2, 0.25) is 0 Å². The van der Waals surface area contributed by atoms with E-state index in [1.165, 1.54) is 0 Å². The summed E-state index contributed by atoms with van der Waals surface area (Å²) in [6, 6.07) is 1.55. The largest absolute Gasteiger partial charge is 0.359 e. The van der Waals surface area contributed by atoms with Gasteiger partial charge in [-0.3, -0.25) is 4.79 Å². The second kappa shape index (κ2) is 6.39. The lowest BCUT2D eigenvalue weighted by Gasteiger charge is -2.19. The van der Waals surface area contributed by atoms with Crippen molar-refractivity contribution in [1.82, 2.24) is 14.9 Å². The predicted octanol–water partition coefficient (Wildman–Crippen LogP) is 0.720. The maximum absolute atomic E-state index is 11.4. The van der Waals surface area contributed by atoms with Gasteiger partial charge in [0, 0.05) is 26.1 Å². The van der Waals surface area contributed by atoms with Gasteiger partial charge < -0.3 is 14.8 Å². The molecule has 1 heterocycles. The van der Waals surface area contributed by atoms with Crippen LogP contribution in [0.4, 0.5) is 5.82 Å². The van der Waals surface area contributed by atoms with Crippen LogP contribution in [0.3, 0.4) is 0 Å². The summed E-state index contributed by atoms with van der Waals surface area (Å²) in [5, 5.41) is 0. The molecule has 17 heavy (non-hydrogen) atoms. The molecule has 0 radical (unpaired) electrons. The number of anilines is 1. The zero-order valence-electron chi connectivity index (χ0n) is 11.2. The molecule has 1 aromatic rings. The summed E-state index contributed by atoms with van der Waals surface area (Å²) >= 11 is 0. The fourth-order valence-electron chi connectivity index (χ4n) is 1.60. The zero-order valence-corrected chi connectivity index (χ0v) is 11.2. The van der Waals surface area contributed by atoms with E-state index in [1.54, 1.807) is 6.07 Å². The Balaban J connectivity index is 2.65. The molecule has 0 aromatic carbocycles. The fourth-order valence-corrected chi connectivity index (χ4v) is 1.60. The minimum absolute atomic E-state index is 0.0775. The number of aromatic nitrogens is 2. The van der Waals surface area contributed by atoms with E-state index in [0.717, 1.165) is 37.6 Å². The minimum Gasteiger partial charge on any atom is -0.359 e. The zero-order chi connectivity index (χ0) is 12.8. The highest BCUT2D eigenvalue weighted by molar-refractivity contribution is 5.36. The molecule has 0 atom stereocenters. The van der Waals surface area contributed by atoms with Crippen LogP contribution in [0, 0.1) is 0 Å². The van der Waals surface area contributed by atoms with Crippen molar-refractivity contribution >= 4 is 5.82 Å². The first-order chi connectivity index (χ1) is 8.02. The molecule has 0 saturated heterocycles. The van der Waals surface area contributed by atoms with Crippen LogP contribution in [-0.4, -0.2) is 49.1 Å². The van der Waals surface area contributed by atoms with Crippen LogP contribution in [0.15, 0.2) is 10.9 Å². The number of nitrogens with one attached hydrogen (secondary N) is 1. The quantitative estimate of drug-likeness (QED) is 0.793. The van der Waals surface area contributed by atoms with Gasteiger partial charge in [-0.25, -0.2) is 4.98 Å². The minimum atomic E-state index is -0.0775. The van der Waals surface area contributed by atoms with Gasteiger partial charge in [0.25, 0.3) is 5.56 Å². The fraction of sp³-hybridized carbons (Fsp3) is 0.667. The summed E-state index contributed by atoms with van der Waals surface area (Å²) in [4.78, 5) is 22.7. The molecule has 0 aliphatic heterocycles. The van der Waals surface area contributed by atoms with Crippen molar-refractivity contribution in [3.8, 4) is 0 Å². The van der Waals surface area contributed by atoms with Gasteiger partial charge in [-0.15, -0.1) is 0 Å². The summed E-state index contributed by atoms with van der Waals surface area (Å²) in [7, 11) is 6.08. The molecule has 0 aliphatic rings. The van der Waals surface area contributed by atoms with Gasteiger partial charge in [-0.05, 0) is 27.1 Å². The highest BCUT2D eigenvalue weighted by Crippen LogP contribution is 2.06. The summed E-state index contributed by atoms with van der Waals surface area (Å²) in [6.07, 6.45) is 1.80. The molecule has 0 amide bonds. The van der Waals surface area contributed by atoms with E-state index >= 15 is 0 Å². The van der Waals surface area contributed by atoms with E-state index in [2.05, 4.69) is 29.0 Å². The van der Waals surface area contributed by atoms with Crippen molar-refractivity contribution in [2.45, 2.75) is 19.8 Å². The van der Waals surface area contributed by atoms with Crippen LogP contribution in [-0.2, 0) is 6.42 Å². The number of aromatic amines is 1. The van der Waals surface area contributed by atoms with Gasteiger partial charge in [0.15, 0.2) is 0 Å². The topological polar surface area (TPSA) is 52.2 Å². The van der Waals surface area contributed by atoms with Crippen LogP contribution < -0.4 is 10.5 Å². The van der Waals surface area contributed by atoms with E-state index in [9.17, 15) is 4.79 Å². The Labute approximate surface area is 102 Å². The number of aryl methyl sites for hydroxylation is 1. The van der Waals surface area contributed by atoms with Crippen molar-refractivity contribution in [2.75, 3.05) is 39.1 Å². The standard InChI is InChI=1S/C12H22N4O/c1-5-10-13-11(9-12(17)14-10)16(4)8-6-7-15(2)3/h9H,5-8H2,1-4H3,(H,13,14,17). The number of hydrogen-bond acceptors (Lipinski definition) is 4. The van der Waals surface area contributed by atoms with E-state index in [-0.39, 0.29) is 5.56 Å². The SMILES string of the molecule is CCc1nc(N(C)CCCN(C)C)cc(=O)[nH]1. The number of rotatable bonds is 6. The molecule has 0 spiro atoms. The first-order valence-electron chi connectivity index (χ1n) is 5.99. The molecule has 0 fully saturated rings. The third-order valence-electron chi connectivity index (χ3n) is 2.60. The predicted molar refractivity (Wildman–Crippen MR) is 70.7 cm³/mol. The summed E-state index contributed by atoms with van der Waals surface area (Å²) in [6.45, 7) is 3.92. The molecule has 0 bridgehead atoms. The molecule has 96 valence electrons. The van der Waals surface area contributed by atoms with Crippen LogP contribution in [0.5, 0.6) is 0 Å². The van der Waals surface area contributed by atoms with Crippen LogP contribution >= 0.6 is 0 Å². The third kappa shape index (κ3) is 4.56. The second-order valence-corrected chi connectivity index (χ2v) is 4.48. The van der Waals surface area contributed by atoms with Gasteiger partial charge in [-0.2, -0.15) is 0 Å². The van der Waals surface area contributed by atoms with Gasteiger partial charge in [0.05, 0.1) is 0 Å². The normalized spacial score (nSPS) is 10.9. The molecule has 5 heteroatoms. The lowest BCUT2D eigenvalue weighted by atomic mass is 10.3. The molecule has 1 N–H and O–H groups in total. The van der Waals surface area contributed by atoms with Crippen molar-refractivity contribution in [2.24, 2.45) is 0 Å². The van der Waals surface area contributed by atoms with Crippen molar-refractivity contribution in [1.29, 1.82) is 0 Å². The van der Waals surface area contributed by atoms with Gasteiger partial charge in [-0.1, -0.05) is 6.92 Å². The molecule has 0 aliphatic carbocycles. The monoisotopic (exact) mass is 238 g/mol. The average molecular weight is 238 g/mol. The Morgan fingerprint density at radius 2 is 2.00 bits per heavy atom. The highest BCUT2D eigenvalue weighted by atomic mass is 16.1. The number of nitrogens with zero attached hydrogens (tertiary/aromatic N) is 3. The van der Waals surface area contributed by atoms with Crippen molar-refractivity contribution in [3.05, 3.63) is 22.2 Å². The maximum Gasteiger partial charge on any atom is 0.252 e. The Morgan fingerprint density at radius 1 is 1.29 bits per heavy atom. The molecular weight excluding hydrogens is 216 g/mol. The lowest BCUT2D eigenvalue weighted by Crippen LogP contribution is -2.26. The number of hydrogen-bond donors (Lipinski definition) is 1. The smallest absolute Gasteiger partial charge is 0.252 e. The van der Waals surface area contributed by atoms with Gasteiger partial charge in [0.1, 0.15) is 11.6 Å². The summed E-state index contributed by atoms with van der Waals surface area (Å²) in [5.74, 6) is 1.50. The lowest BCUT2D eigenvalue weighted by molar-refractivity contribution is 0.401. The van der Waals surface area contributed by atoms with Crippen molar-refractivity contribution in [3.63, 3.8) is 0 Å². The first-order valence-corrected chi connectivity index (χ1v) is 5.99. The Morgan fingerprint density at radius 3 is 2.59 bits per heavy atom.